The van der Waals surface area contributed by atoms with Gasteiger partial charge in [0.2, 0.25) is 17.8 Å². The first kappa shape index (κ1) is 15.8. The van der Waals surface area contributed by atoms with Gasteiger partial charge in [-0.3, -0.25) is 0 Å². The van der Waals surface area contributed by atoms with Crippen molar-refractivity contribution in [3.05, 3.63) is 0 Å². The van der Waals surface area contributed by atoms with Gasteiger partial charge < -0.3 is 15.5 Å². The molecule has 1 aliphatic rings. The Bertz CT molecular complexity index is 428. The van der Waals surface area contributed by atoms with Crippen LogP contribution in [0.4, 0.5) is 17.8 Å². The van der Waals surface area contributed by atoms with Crippen LogP contribution >= 0.6 is 0 Å². The monoisotopic (exact) mass is 292 g/mol. The van der Waals surface area contributed by atoms with Gasteiger partial charge in [-0.2, -0.15) is 15.0 Å². The van der Waals surface area contributed by atoms with E-state index in [9.17, 15) is 0 Å². The third-order valence-electron chi connectivity index (χ3n) is 3.91. The first-order valence-electron chi connectivity index (χ1n) is 8.10. The Balaban J connectivity index is 1.85. The molecule has 0 atom stereocenters. The van der Waals surface area contributed by atoms with Gasteiger partial charge >= 0.3 is 0 Å². The molecule has 1 aromatic heterocycles. The zero-order valence-corrected chi connectivity index (χ0v) is 13.5. The molecule has 2 N–H and O–H groups in total. The van der Waals surface area contributed by atoms with Crippen LogP contribution in [0.25, 0.3) is 0 Å². The molecule has 1 saturated carbocycles. The predicted octanol–water partition coefficient (Wildman–Crippen LogP) is 2.75. The summed E-state index contributed by atoms with van der Waals surface area (Å²) >= 11 is 0. The van der Waals surface area contributed by atoms with E-state index in [2.05, 4.69) is 25.6 Å². The molecule has 0 amide bonds. The molecule has 118 valence electrons. The Morgan fingerprint density at radius 2 is 1.71 bits per heavy atom. The molecule has 1 aromatic rings. The van der Waals surface area contributed by atoms with Crippen molar-refractivity contribution in [1.82, 2.24) is 15.0 Å². The predicted molar refractivity (Wildman–Crippen MR) is 88.0 cm³/mol. The molecule has 0 aromatic carbocycles. The summed E-state index contributed by atoms with van der Waals surface area (Å²) in [6.07, 6.45) is 8.18. The van der Waals surface area contributed by atoms with Crippen LogP contribution in [0.2, 0.25) is 0 Å². The number of nitrogens with zero attached hydrogens (tertiary/aromatic N) is 4. The van der Waals surface area contributed by atoms with Crippen LogP contribution in [0.1, 0.15) is 45.4 Å². The van der Waals surface area contributed by atoms with E-state index >= 15 is 0 Å². The smallest absolute Gasteiger partial charge is 0.231 e. The third-order valence-corrected chi connectivity index (χ3v) is 3.91. The number of hydrogen-bond donors (Lipinski definition) is 2. The van der Waals surface area contributed by atoms with Gasteiger partial charge in [0.05, 0.1) is 0 Å². The quantitative estimate of drug-likeness (QED) is 0.718. The molecule has 6 nitrogen and oxygen atoms in total. The minimum absolute atomic E-state index is 0.634. The minimum atomic E-state index is 0.634. The second-order valence-electron chi connectivity index (χ2n) is 5.93. The minimum Gasteiger partial charge on any atom is -0.354 e. The fourth-order valence-electron chi connectivity index (χ4n) is 2.77. The molecule has 0 bridgehead atoms. The SMILES string of the molecule is CCNc1nc(NCCCC2CCCC2)nc(N(C)C)n1. The van der Waals surface area contributed by atoms with Gasteiger partial charge in [0.1, 0.15) is 0 Å². The zero-order valence-electron chi connectivity index (χ0n) is 13.5. The van der Waals surface area contributed by atoms with E-state index in [-0.39, 0.29) is 0 Å². The maximum absolute atomic E-state index is 4.44. The fraction of sp³-hybridized carbons (Fsp3) is 0.800. The van der Waals surface area contributed by atoms with E-state index in [1.54, 1.807) is 0 Å². The summed E-state index contributed by atoms with van der Waals surface area (Å²) in [5.74, 6) is 2.92. The summed E-state index contributed by atoms with van der Waals surface area (Å²) in [5, 5.41) is 6.48. The number of hydrogen-bond acceptors (Lipinski definition) is 6. The Morgan fingerprint density at radius 1 is 1.05 bits per heavy atom. The Kier molecular flexibility index (Phi) is 6.02. The van der Waals surface area contributed by atoms with Gasteiger partial charge in [-0.15, -0.1) is 0 Å². The molecule has 6 heteroatoms. The molecule has 0 unspecified atom stereocenters. The lowest BCUT2D eigenvalue weighted by atomic mass is 10.0. The van der Waals surface area contributed by atoms with E-state index in [4.69, 9.17) is 0 Å². The Morgan fingerprint density at radius 3 is 2.33 bits per heavy atom. The zero-order chi connectivity index (χ0) is 15.1. The molecule has 0 spiro atoms. The average molecular weight is 292 g/mol. The third kappa shape index (κ3) is 5.02. The van der Waals surface area contributed by atoms with E-state index in [1.807, 2.05) is 25.9 Å². The molecule has 0 aliphatic heterocycles. The van der Waals surface area contributed by atoms with Crippen molar-refractivity contribution < 1.29 is 0 Å². The van der Waals surface area contributed by atoms with E-state index in [1.165, 1.54) is 38.5 Å². The lowest BCUT2D eigenvalue weighted by molar-refractivity contribution is 0.491. The van der Waals surface area contributed by atoms with Crippen molar-refractivity contribution >= 4 is 17.8 Å². The van der Waals surface area contributed by atoms with Gasteiger partial charge in [0.25, 0.3) is 0 Å². The summed E-state index contributed by atoms with van der Waals surface area (Å²) < 4.78 is 0. The molecule has 21 heavy (non-hydrogen) atoms. The average Bonchev–Trinajstić information content (AvgIpc) is 2.97. The van der Waals surface area contributed by atoms with Crippen molar-refractivity contribution in [2.24, 2.45) is 5.92 Å². The van der Waals surface area contributed by atoms with E-state index in [0.29, 0.717) is 17.8 Å². The standard InChI is InChI=1S/C15H28N6/c1-4-16-13-18-14(20-15(19-13)21(2)3)17-11-7-10-12-8-5-6-9-12/h12H,4-11H2,1-3H3,(H2,16,17,18,19,20). The summed E-state index contributed by atoms with van der Waals surface area (Å²) in [4.78, 5) is 15.1. The first-order valence-corrected chi connectivity index (χ1v) is 8.10. The summed E-state index contributed by atoms with van der Waals surface area (Å²) in [7, 11) is 3.88. The Labute approximate surface area is 127 Å². The van der Waals surface area contributed by atoms with Crippen molar-refractivity contribution in [3.8, 4) is 0 Å². The van der Waals surface area contributed by atoms with Crippen LogP contribution in [-0.2, 0) is 0 Å². The van der Waals surface area contributed by atoms with Crippen LogP contribution in [0, 0.1) is 5.92 Å². The topological polar surface area (TPSA) is 66.0 Å². The highest BCUT2D eigenvalue weighted by Crippen LogP contribution is 2.28. The molecular weight excluding hydrogens is 264 g/mol. The number of aromatic nitrogens is 3. The molecule has 2 rings (SSSR count). The van der Waals surface area contributed by atoms with E-state index in [0.717, 1.165) is 19.0 Å². The van der Waals surface area contributed by atoms with Crippen LogP contribution in [0.5, 0.6) is 0 Å². The number of nitrogens with one attached hydrogen (secondary N) is 2. The van der Waals surface area contributed by atoms with Crippen LogP contribution in [-0.4, -0.2) is 42.1 Å². The van der Waals surface area contributed by atoms with Crippen LogP contribution < -0.4 is 15.5 Å². The second kappa shape index (κ2) is 8.00. The lowest BCUT2D eigenvalue weighted by Gasteiger charge is -2.14. The summed E-state index contributed by atoms with van der Waals surface area (Å²) in [6, 6.07) is 0. The first-order chi connectivity index (χ1) is 10.2. The van der Waals surface area contributed by atoms with Gasteiger partial charge in [-0.1, -0.05) is 25.7 Å². The summed E-state index contributed by atoms with van der Waals surface area (Å²) in [5.41, 5.74) is 0. The van der Waals surface area contributed by atoms with Crippen molar-refractivity contribution in [3.63, 3.8) is 0 Å². The second-order valence-corrected chi connectivity index (χ2v) is 5.93. The van der Waals surface area contributed by atoms with Crippen molar-refractivity contribution in [1.29, 1.82) is 0 Å². The van der Waals surface area contributed by atoms with Crippen molar-refractivity contribution in [2.75, 3.05) is 42.7 Å². The molecule has 1 aliphatic carbocycles. The largest absolute Gasteiger partial charge is 0.354 e. The van der Waals surface area contributed by atoms with Crippen molar-refractivity contribution in [2.45, 2.75) is 45.4 Å². The highest BCUT2D eigenvalue weighted by Gasteiger charge is 2.14. The molecular formula is C15H28N6. The highest BCUT2D eigenvalue weighted by molar-refractivity contribution is 5.42. The molecule has 0 radical (unpaired) electrons. The van der Waals surface area contributed by atoms with Gasteiger partial charge in [-0.05, 0) is 25.7 Å². The summed E-state index contributed by atoms with van der Waals surface area (Å²) in [6.45, 7) is 3.77. The number of rotatable bonds is 8. The van der Waals surface area contributed by atoms with Gasteiger partial charge in [0, 0.05) is 27.2 Å². The van der Waals surface area contributed by atoms with Crippen LogP contribution in [0.3, 0.4) is 0 Å². The van der Waals surface area contributed by atoms with Gasteiger partial charge in [-0.25, -0.2) is 0 Å². The molecule has 0 saturated heterocycles. The Hall–Kier alpha value is -1.59. The normalized spacial score (nSPS) is 15.2. The van der Waals surface area contributed by atoms with E-state index < -0.39 is 0 Å². The van der Waals surface area contributed by atoms with Crippen LogP contribution in [0.15, 0.2) is 0 Å². The maximum atomic E-state index is 4.44. The maximum Gasteiger partial charge on any atom is 0.231 e. The molecule has 1 heterocycles. The number of anilines is 3. The molecule has 1 fully saturated rings. The highest BCUT2D eigenvalue weighted by atomic mass is 15.3. The lowest BCUT2D eigenvalue weighted by Crippen LogP contribution is -2.17. The fourth-order valence-corrected chi connectivity index (χ4v) is 2.77. The van der Waals surface area contributed by atoms with Gasteiger partial charge in [0.15, 0.2) is 0 Å².